The minimum atomic E-state index is 1.03. The maximum atomic E-state index is 4.78. The first kappa shape index (κ1) is 10.6. The van der Waals surface area contributed by atoms with Crippen LogP contribution in [0, 0.1) is 0 Å². The lowest BCUT2D eigenvalue weighted by Gasteiger charge is -1.99. The molecule has 0 saturated heterocycles. The lowest BCUT2D eigenvalue weighted by atomic mass is 10.1. The summed E-state index contributed by atoms with van der Waals surface area (Å²) in [6.07, 6.45) is 4.39. The van der Waals surface area contributed by atoms with Gasteiger partial charge in [-0.05, 0) is 30.2 Å². The summed E-state index contributed by atoms with van der Waals surface area (Å²) in [6.45, 7) is 2.20. The van der Waals surface area contributed by atoms with Crippen molar-refractivity contribution in [1.82, 2.24) is 14.4 Å². The first-order chi connectivity index (χ1) is 9.36. The molecule has 0 unspecified atom stereocenters. The van der Waals surface area contributed by atoms with E-state index >= 15 is 0 Å². The number of hydrogen-bond donors (Lipinski definition) is 1. The van der Waals surface area contributed by atoms with Crippen LogP contribution in [-0.4, -0.2) is 14.4 Å². The summed E-state index contributed by atoms with van der Waals surface area (Å²) in [5.41, 5.74) is 5.67. The first-order valence-electron chi connectivity index (χ1n) is 6.74. The highest BCUT2D eigenvalue weighted by molar-refractivity contribution is 6.05. The molecule has 3 aromatic heterocycles. The number of aromatic nitrogens is 3. The van der Waals surface area contributed by atoms with Crippen molar-refractivity contribution in [2.24, 2.45) is 0 Å². The predicted octanol–water partition coefficient (Wildman–Crippen LogP) is 3.92. The molecule has 0 aliphatic heterocycles. The number of imidazole rings is 1. The molecule has 4 rings (SSSR count). The SMILES string of the molecule is CCCc1ccn2c(c1)nc1c3ccccc3[nH]c12. The Hall–Kier alpha value is -2.29. The van der Waals surface area contributed by atoms with E-state index < -0.39 is 0 Å². The lowest BCUT2D eigenvalue weighted by molar-refractivity contribution is 0.918. The summed E-state index contributed by atoms with van der Waals surface area (Å²) in [7, 11) is 0. The summed E-state index contributed by atoms with van der Waals surface area (Å²) >= 11 is 0. The van der Waals surface area contributed by atoms with Gasteiger partial charge in [0.15, 0.2) is 0 Å². The van der Waals surface area contributed by atoms with Crippen molar-refractivity contribution >= 4 is 27.7 Å². The van der Waals surface area contributed by atoms with Crippen LogP contribution in [0.4, 0.5) is 0 Å². The third-order valence-corrected chi connectivity index (χ3v) is 3.66. The largest absolute Gasteiger partial charge is 0.339 e. The Morgan fingerprint density at radius 2 is 2.11 bits per heavy atom. The Labute approximate surface area is 110 Å². The van der Waals surface area contributed by atoms with Crippen molar-refractivity contribution in [2.45, 2.75) is 19.8 Å². The second-order valence-corrected chi connectivity index (χ2v) is 4.99. The fourth-order valence-corrected chi connectivity index (χ4v) is 2.76. The van der Waals surface area contributed by atoms with Gasteiger partial charge in [-0.3, -0.25) is 4.40 Å². The molecule has 0 radical (unpaired) electrons. The number of fused-ring (bicyclic) bond motifs is 5. The molecule has 0 bridgehead atoms. The van der Waals surface area contributed by atoms with Crippen molar-refractivity contribution in [3.8, 4) is 0 Å². The van der Waals surface area contributed by atoms with E-state index in [0.29, 0.717) is 0 Å². The first-order valence-corrected chi connectivity index (χ1v) is 6.74. The molecule has 0 aliphatic carbocycles. The molecule has 4 aromatic rings. The quantitative estimate of drug-likeness (QED) is 0.574. The molecule has 3 heterocycles. The Balaban J connectivity index is 2.07. The van der Waals surface area contributed by atoms with Crippen LogP contribution in [0.1, 0.15) is 18.9 Å². The third-order valence-electron chi connectivity index (χ3n) is 3.66. The molecule has 0 saturated carbocycles. The molecule has 0 amide bonds. The number of rotatable bonds is 2. The van der Waals surface area contributed by atoms with E-state index in [1.807, 2.05) is 6.07 Å². The number of H-pyrrole nitrogens is 1. The third kappa shape index (κ3) is 1.48. The van der Waals surface area contributed by atoms with Crippen molar-refractivity contribution in [3.05, 3.63) is 48.2 Å². The standard InChI is InChI=1S/C16H15N3/c1-2-5-11-8-9-19-14(10-11)18-15-12-6-3-4-7-13(12)17-16(15)19/h3-4,6-10,17H,2,5H2,1H3. The molecule has 3 heteroatoms. The van der Waals surface area contributed by atoms with Gasteiger partial charge < -0.3 is 4.98 Å². The average molecular weight is 249 g/mol. The number of para-hydroxylation sites is 1. The number of hydrogen-bond acceptors (Lipinski definition) is 1. The van der Waals surface area contributed by atoms with Crippen LogP contribution in [0.2, 0.25) is 0 Å². The lowest BCUT2D eigenvalue weighted by Crippen LogP contribution is -1.89. The molecular weight excluding hydrogens is 234 g/mol. The number of pyridine rings is 1. The van der Waals surface area contributed by atoms with Crippen molar-refractivity contribution in [3.63, 3.8) is 0 Å². The van der Waals surface area contributed by atoms with Gasteiger partial charge in [0.1, 0.15) is 16.8 Å². The summed E-state index contributed by atoms with van der Waals surface area (Å²) in [4.78, 5) is 8.23. The van der Waals surface area contributed by atoms with Crippen LogP contribution in [0.25, 0.3) is 27.7 Å². The Kier molecular flexibility index (Phi) is 2.15. The van der Waals surface area contributed by atoms with E-state index in [-0.39, 0.29) is 0 Å². The van der Waals surface area contributed by atoms with Gasteiger partial charge in [0, 0.05) is 17.1 Å². The molecular formula is C16H15N3. The number of benzene rings is 1. The summed E-state index contributed by atoms with van der Waals surface area (Å²) in [5, 5.41) is 1.19. The molecule has 3 nitrogen and oxygen atoms in total. The highest BCUT2D eigenvalue weighted by atomic mass is 15.1. The number of aromatic amines is 1. The molecule has 0 spiro atoms. The zero-order chi connectivity index (χ0) is 12.8. The molecule has 1 aromatic carbocycles. The predicted molar refractivity (Wildman–Crippen MR) is 78.5 cm³/mol. The monoisotopic (exact) mass is 249 g/mol. The highest BCUT2D eigenvalue weighted by Crippen LogP contribution is 2.25. The number of nitrogens with zero attached hydrogens (tertiary/aromatic N) is 2. The highest BCUT2D eigenvalue weighted by Gasteiger charge is 2.10. The van der Waals surface area contributed by atoms with Crippen LogP contribution in [-0.2, 0) is 6.42 Å². The van der Waals surface area contributed by atoms with E-state index in [4.69, 9.17) is 4.98 Å². The van der Waals surface area contributed by atoms with Gasteiger partial charge in [-0.25, -0.2) is 4.98 Å². The Bertz CT molecular complexity index is 883. The van der Waals surface area contributed by atoms with Gasteiger partial charge in [-0.15, -0.1) is 0 Å². The molecule has 19 heavy (non-hydrogen) atoms. The topological polar surface area (TPSA) is 33.1 Å². The maximum Gasteiger partial charge on any atom is 0.143 e. The minimum Gasteiger partial charge on any atom is -0.339 e. The van der Waals surface area contributed by atoms with Crippen molar-refractivity contribution in [2.75, 3.05) is 0 Å². The van der Waals surface area contributed by atoms with Crippen LogP contribution in [0.5, 0.6) is 0 Å². The van der Waals surface area contributed by atoms with E-state index in [1.54, 1.807) is 0 Å². The van der Waals surface area contributed by atoms with Crippen molar-refractivity contribution in [1.29, 1.82) is 0 Å². The smallest absolute Gasteiger partial charge is 0.143 e. The van der Waals surface area contributed by atoms with E-state index in [2.05, 4.69) is 52.8 Å². The van der Waals surface area contributed by atoms with E-state index in [0.717, 1.165) is 35.2 Å². The van der Waals surface area contributed by atoms with Crippen LogP contribution in [0.15, 0.2) is 42.6 Å². The zero-order valence-electron chi connectivity index (χ0n) is 10.9. The zero-order valence-corrected chi connectivity index (χ0v) is 10.9. The summed E-state index contributed by atoms with van der Waals surface area (Å²) in [5.74, 6) is 0. The van der Waals surface area contributed by atoms with E-state index in [1.165, 1.54) is 10.9 Å². The molecule has 0 fully saturated rings. The molecule has 94 valence electrons. The van der Waals surface area contributed by atoms with E-state index in [9.17, 15) is 0 Å². The summed E-state index contributed by atoms with van der Waals surface area (Å²) in [6, 6.07) is 12.7. The van der Waals surface area contributed by atoms with Crippen LogP contribution in [0.3, 0.4) is 0 Å². The summed E-state index contributed by atoms with van der Waals surface area (Å²) < 4.78 is 2.13. The van der Waals surface area contributed by atoms with Crippen LogP contribution >= 0.6 is 0 Å². The number of nitrogens with one attached hydrogen (secondary N) is 1. The second-order valence-electron chi connectivity index (χ2n) is 4.99. The maximum absolute atomic E-state index is 4.78. The molecule has 1 N–H and O–H groups in total. The normalized spacial score (nSPS) is 11.8. The van der Waals surface area contributed by atoms with Gasteiger partial charge >= 0.3 is 0 Å². The minimum absolute atomic E-state index is 1.03. The van der Waals surface area contributed by atoms with Gasteiger partial charge in [-0.2, -0.15) is 0 Å². The van der Waals surface area contributed by atoms with Gasteiger partial charge in [0.05, 0.1) is 0 Å². The Morgan fingerprint density at radius 1 is 1.21 bits per heavy atom. The number of aryl methyl sites for hydroxylation is 1. The fraction of sp³-hybridized carbons (Fsp3) is 0.188. The molecule has 0 atom stereocenters. The van der Waals surface area contributed by atoms with Gasteiger partial charge in [-0.1, -0.05) is 31.5 Å². The average Bonchev–Trinajstić information content (AvgIpc) is 2.94. The molecule has 0 aliphatic rings. The van der Waals surface area contributed by atoms with Crippen molar-refractivity contribution < 1.29 is 0 Å². The Morgan fingerprint density at radius 3 is 3.00 bits per heavy atom. The fourth-order valence-electron chi connectivity index (χ4n) is 2.76. The van der Waals surface area contributed by atoms with Crippen LogP contribution < -0.4 is 0 Å². The van der Waals surface area contributed by atoms with Gasteiger partial charge in [0.25, 0.3) is 0 Å². The van der Waals surface area contributed by atoms with Gasteiger partial charge in [0.2, 0.25) is 0 Å². The second kappa shape index (κ2) is 3.85.